The van der Waals surface area contributed by atoms with E-state index in [-0.39, 0.29) is 4.90 Å². The zero-order chi connectivity index (χ0) is 20.0. The van der Waals surface area contributed by atoms with Gasteiger partial charge in [-0.15, -0.1) is 4.83 Å². The van der Waals surface area contributed by atoms with Crippen LogP contribution >= 0.6 is 0 Å². The van der Waals surface area contributed by atoms with Crippen LogP contribution in [-0.4, -0.2) is 29.7 Å². The van der Waals surface area contributed by atoms with Crippen molar-refractivity contribution in [3.8, 4) is 17.2 Å². The number of methoxy groups -OCH3 is 3. The summed E-state index contributed by atoms with van der Waals surface area (Å²) in [5, 5.41) is 0. The van der Waals surface area contributed by atoms with E-state index in [1.165, 1.54) is 6.20 Å². The number of allylic oxidation sites excluding steroid dienone is 1. The molecule has 0 aliphatic heterocycles. The molecule has 0 saturated carbocycles. The van der Waals surface area contributed by atoms with Crippen LogP contribution in [0.1, 0.15) is 18.1 Å². The maximum absolute atomic E-state index is 12.3. The summed E-state index contributed by atoms with van der Waals surface area (Å²) in [6.45, 7) is 3.71. The number of nitrogens with one attached hydrogen (secondary N) is 2. The van der Waals surface area contributed by atoms with E-state index in [1.54, 1.807) is 57.7 Å². The van der Waals surface area contributed by atoms with Crippen LogP contribution in [0.25, 0.3) is 5.57 Å². The van der Waals surface area contributed by atoms with Crippen LogP contribution in [0.4, 0.5) is 0 Å². The van der Waals surface area contributed by atoms with Crippen molar-refractivity contribution < 1.29 is 22.6 Å². The topological polar surface area (TPSA) is 85.9 Å². The number of sulfonamides is 1. The molecule has 0 spiro atoms. The van der Waals surface area contributed by atoms with E-state index in [0.29, 0.717) is 17.2 Å². The van der Waals surface area contributed by atoms with Gasteiger partial charge in [0.05, 0.1) is 26.2 Å². The standard InChI is InChI=1S/C19H24N2O5S/c1-13-6-8-15(9-7-13)27(22,23)21-20-12-14(2)16-10-18(25-4)19(26-5)11-17(16)24-3/h6-12,20-21H,1-5H3. The fourth-order valence-corrected chi connectivity index (χ4v) is 3.23. The van der Waals surface area contributed by atoms with Crippen molar-refractivity contribution in [3.05, 3.63) is 53.7 Å². The van der Waals surface area contributed by atoms with Gasteiger partial charge in [0.25, 0.3) is 10.0 Å². The number of rotatable bonds is 8. The molecule has 2 N–H and O–H groups in total. The molecule has 2 rings (SSSR count). The molecular formula is C19H24N2O5S. The summed E-state index contributed by atoms with van der Waals surface area (Å²) in [5.41, 5.74) is 5.08. The number of hydrazine groups is 1. The highest BCUT2D eigenvalue weighted by molar-refractivity contribution is 7.89. The maximum atomic E-state index is 12.3. The smallest absolute Gasteiger partial charge is 0.257 e. The Kier molecular flexibility index (Phi) is 6.70. The molecule has 0 unspecified atom stereocenters. The predicted octanol–water partition coefficient (Wildman–Crippen LogP) is 2.86. The van der Waals surface area contributed by atoms with Gasteiger partial charge in [0.1, 0.15) is 5.75 Å². The molecular weight excluding hydrogens is 368 g/mol. The molecule has 0 heterocycles. The Bertz CT molecular complexity index is 922. The second-order valence-corrected chi connectivity index (χ2v) is 7.48. The first-order chi connectivity index (χ1) is 12.8. The third-order valence-corrected chi connectivity index (χ3v) is 5.22. The van der Waals surface area contributed by atoms with Crippen molar-refractivity contribution in [3.63, 3.8) is 0 Å². The van der Waals surface area contributed by atoms with Gasteiger partial charge in [0, 0.05) is 17.8 Å². The molecule has 0 aliphatic carbocycles. The Morgan fingerprint density at radius 1 is 0.926 bits per heavy atom. The molecule has 0 aromatic heterocycles. The Hall–Kier alpha value is -2.71. The van der Waals surface area contributed by atoms with Crippen molar-refractivity contribution in [2.45, 2.75) is 18.7 Å². The molecule has 0 fully saturated rings. The molecule has 27 heavy (non-hydrogen) atoms. The average molecular weight is 392 g/mol. The zero-order valence-corrected chi connectivity index (χ0v) is 16.8. The Labute approximate surface area is 160 Å². The average Bonchev–Trinajstić information content (AvgIpc) is 2.66. The van der Waals surface area contributed by atoms with E-state index in [9.17, 15) is 8.42 Å². The highest BCUT2D eigenvalue weighted by atomic mass is 32.2. The Balaban J connectivity index is 2.21. The number of hydrogen-bond donors (Lipinski definition) is 2. The Morgan fingerprint density at radius 3 is 2.04 bits per heavy atom. The minimum Gasteiger partial charge on any atom is -0.496 e. The third kappa shape index (κ3) is 4.93. The number of hydrogen-bond acceptors (Lipinski definition) is 6. The lowest BCUT2D eigenvalue weighted by molar-refractivity contribution is 0.348. The van der Waals surface area contributed by atoms with Gasteiger partial charge in [-0.05, 0) is 37.6 Å². The first-order valence-corrected chi connectivity index (χ1v) is 9.62. The third-order valence-electron chi connectivity index (χ3n) is 3.94. The van der Waals surface area contributed by atoms with Gasteiger partial charge in [-0.3, -0.25) is 0 Å². The van der Waals surface area contributed by atoms with Gasteiger partial charge >= 0.3 is 0 Å². The molecule has 7 nitrogen and oxygen atoms in total. The fourth-order valence-electron chi connectivity index (χ4n) is 2.41. The summed E-state index contributed by atoms with van der Waals surface area (Å²) in [5.74, 6) is 1.66. The second kappa shape index (κ2) is 8.79. The van der Waals surface area contributed by atoms with Crippen molar-refractivity contribution in [1.29, 1.82) is 0 Å². The lowest BCUT2D eigenvalue weighted by Crippen LogP contribution is -2.33. The molecule has 2 aromatic carbocycles. The summed E-state index contributed by atoms with van der Waals surface area (Å²) >= 11 is 0. The van der Waals surface area contributed by atoms with Gasteiger partial charge in [0.2, 0.25) is 0 Å². The molecule has 0 amide bonds. The molecule has 0 atom stereocenters. The van der Waals surface area contributed by atoms with Crippen LogP contribution in [0.2, 0.25) is 0 Å². The van der Waals surface area contributed by atoms with Gasteiger partial charge in [-0.1, -0.05) is 17.7 Å². The maximum Gasteiger partial charge on any atom is 0.257 e. The minimum absolute atomic E-state index is 0.176. The minimum atomic E-state index is -3.68. The van der Waals surface area contributed by atoms with Crippen LogP contribution in [-0.2, 0) is 10.0 Å². The highest BCUT2D eigenvalue weighted by Crippen LogP contribution is 2.37. The lowest BCUT2D eigenvalue weighted by Gasteiger charge is -2.15. The van der Waals surface area contributed by atoms with Crippen LogP contribution in [0, 0.1) is 6.92 Å². The van der Waals surface area contributed by atoms with Crippen molar-refractivity contribution in [2.24, 2.45) is 0 Å². The lowest BCUT2D eigenvalue weighted by atomic mass is 10.1. The Morgan fingerprint density at radius 2 is 1.48 bits per heavy atom. The van der Waals surface area contributed by atoms with Crippen LogP contribution in [0.3, 0.4) is 0 Å². The normalized spacial score (nSPS) is 11.8. The molecule has 0 aliphatic rings. The van der Waals surface area contributed by atoms with Gasteiger partial charge in [-0.2, -0.15) is 0 Å². The van der Waals surface area contributed by atoms with E-state index in [2.05, 4.69) is 10.3 Å². The summed E-state index contributed by atoms with van der Waals surface area (Å²) in [4.78, 5) is 2.51. The second-order valence-electron chi connectivity index (χ2n) is 5.80. The first kappa shape index (κ1) is 20.6. The van der Waals surface area contributed by atoms with Crippen LogP contribution in [0.5, 0.6) is 17.2 Å². The molecule has 8 heteroatoms. The largest absolute Gasteiger partial charge is 0.496 e. The molecule has 146 valence electrons. The summed E-state index contributed by atoms with van der Waals surface area (Å²) in [6, 6.07) is 10.1. The van der Waals surface area contributed by atoms with E-state index < -0.39 is 10.0 Å². The highest BCUT2D eigenvalue weighted by Gasteiger charge is 2.14. The van der Waals surface area contributed by atoms with Crippen molar-refractivity contribution in [2.75, 3.05) is 21.3 Å². The summed E-state index contributed by atoms with van der Waals surface area (Å²) in [6.07, 6.45) is 1.54. The summed E-state index contributed by atoms with van der Waals surface area (Å²) in [7, 11) is 0.957. The van der Waals surface area contributed by atoms with Crippen molar-refractivity contribution in [1.82, 2.24) is 10.3 Å². The molecule has 0 bridgehead atoms. The van der Waals surface area contributed by atoms with E-state index in [1.807, 2.05) is 13.8 Å². The number of benzene rings is 2. The van der Waals surface area contributed by atoms with Gasteiger partial charge in [0.15, 0.2) is 11.5 Å². The monoisotopic (exact) mass is 392 g/mol. The van der Waals surface area contributed by atoms with E-state index in [0.717, 1.165) is 16.7 Å². The van der Waals surface area contributed by atoms with Gasteiger partial charge < -0.3 is 19.6 Å². The van der Waals surface area contributed by atoms with Crippen molar-refractivity contribution >= 4 is 15.6 Å². The molecule has 0 saturated heterocycles. The number of aryl methyl sites for hydroxylation is 1. The zero-order valence-electron chi connectivity index (χ0n) is 16.0. The SMILES string of the molecule is COc1cc(OC)c(C(C)=CNNS(=O)(=O)c2ccc(C)cc2)cc1OC. The summed E-state index contributed by atoms with van der Waals surface area (Å²) < 4.78 is 40.6. The quantitative estimate of drug-likeness (QED) is 0.672. The fraction of sp³-hybridized carbons (Fsp3) is 0.263. The predicted molar refractivity (Wildman–Crippen MR) is 104 cm³/mol. The first-order valence-electron chi connectivity index (χ1n) is 8.13. The van der Waals surface area contributed by atoms with E-state index in [4.69, 9.17) is 14.2 Å². The van der Waals surface area contributed by atoms with Gasteiger partial charge in [-0.25, -0.2) is 8.42 Å². The molecule has 0 radical (unpaired) electrons. The molecule has 2 aromatic rings. The van der Waals surface area contributed by atoms with E-state index >= 15 is 0 Å². The number of ether oxygens (including phenoxy) is 3. The van der Waals surface area contributed by atoms with Crippen LogP contribution in [0.15, 0.2) is 47.5 Å². The van der Waals surface area contributed by atoms with Crippen LogP contribution < -0.4 is 24.5 Å².